The molecule has 194 valence electrons. The summed E-state index contributed by atoms with van der Waals surface area (Å²) in [6, 6.07) is -0.338. The molecule has 0 heterocycles. The molecule has 0 saturated carbocycles. The van der Waals surface area contributed by atoms with Gasteiger partial charge in [0.2, 0.25) is 0 Å². The summed E-state index contributed by atoms with van der Waals surface area (Å²) in [5.74, 6) is -0.744. The Morgan fingerprint density at radius 3 is 1.58 bits per heavy atom. The number of carbonyl (C=O) groups excluding carboxylic acids is 3. The number of alkyl halides is 1. The van der Waals surface area contributed by atoms with Gasteiger partial charge in [-0.15, -0.1) is 0 Å². The molecule has 1 atom stereocenters. The van der Waals surface area contributed by atoms with Gasteiger partial charge in [0.15, 0.2) is 12.2 Å². The Bertz CT molecular complexity index is 499. The normalized spacial score (nSPS) is 11.6. The largest absolute Gasteiger partial charge is 0.509 e. The first kappa shape index (κ1) is 31.5. The molecule has 8 heteroatoms. The minimum Gasteiger partial charge on any atom is -0.462 e. The summed E-state index contributed by atoms with van der Waals surface area (Å²) in [6.45, 7) is 3.94. The second-order valence-corrected chi connectivity index (χ2v) is 8.57. The predicted molar refractivity (Wildman–Crippen MR) is 129 cm³/mol. The van der Waals surface area contributed by atoms with E-state index in [4.69, 9.17) is 25.8 Å². The lowest BCUT2D eigenvalue weighted by molar-refractivity contribution is -0.162. The molecule has 0 aliphatic carbocycles. The van der Waals surface area contributed by atoms with E-state index < -0.39 is 18.2 Å². The van der Waals surface area contributed by atoms with Crippen molar-refractivity contribution in [3.05, 3.63) is 0 Å². The monoisotopic (exact) mass is 492 g/mol. The zero-order chi connectivity index (χ0) is 24.6. The summed E-state index contributed by atoms with van der Waals surface area (Å²) in [7, 11) is 0. The van der Waals surface area contributed by atoms with Gasteiger partial charge >= 0.3 is 18.1 Å². The van der Waals surface area contributed by atoms with Crippen LogP contribution in [0.4, 0.5) is 4.79 Å². The number of halogens is 1. The molecule has 0 aliphatic heterocycles. The van der Waals surface area contributed by atoms with Crippen LogP contribution >= 0.6 is 11.6 Å². The second kappa shape index (κ2) is 23.7. The van der Waals surface area contributed by atoms with E-state index in [0.29, 0.717) is 6.42 Å². The van der Waals surface area contributed by atoms with Crippen molar-refractivity contribution < 1.29 is 33.3 Å². The highest BCUT2D eigenvalue weighted by atomic mass is 35.5. The SMILES string of the molecule is CCCCCCCCCC(=O)OCC(COC(=O)OCCl)OC(=O)CCCCCCCCC. The molecule has 7 nitrogen and oxygen atoms in total. The minimum absolute atomic E-state index is 0.160. The maximum absolute atomic E-state index is 12.2. The Morgan fingerprint density at radius 2 is 1.06 bits per heavy atom. The van der Waals surface area contributed by atoms with E-state index in [9.17, 15) is 14.4 Å². The third-order valence-corrected chi connectivity index (χ3v) is 5.37. The Balaban J connectivity index is 4.21. The van der Waals surface area contributed by atoms with E-state index in [2.05, 4.69) is 18.6 Å². The number of hydrogen-bond donors (Lipinski definition) is 0. The average molecular weight is 493 g/mol. The fourth-order valence-electron chi connectivity index (χ4n) is 3.32. The van der Waals surface area contributed by atoms with E-state index in [0.717, 1.165) is 38.5 Å². The minimum atomic E-state index is -0.965. The molecular formula is C25H45ClO7. The maximum atomic E-state index is 12.2. The number of rotatable bonds is 22. The molecule has 33 heavy (non-hydrogen) atoms. The van der Waals surface area contributed by atoms with Gasteiger partial charge in [0.25, 0.3) is 0 Å². The first-order valence-corrected chi connectivity index (χ1v) is 13.3. The van der Waals surface area contributed by atoms with Crippen LogP contribution in [-0.2, 0) is 28.5 Å². The van der Waals surface area contributed by atoms with Crippen molar-refractivity contribution in [2.24, 2.45) is 0 Å². The summed E-state index contributed by atoms with van der Waals surface area (Å²) in [5.41, 5.74) is 0. The van der Waals surface area contributed by atoms with Crippen molar-refractivity contribution in [2.45, 2.75) is 123 Å². The zero-order valence-electron chi connectivity index (χ0n) is 20.7. The highest BCUT2D eigenvalue weighted by Gasteiger charge is 2.19. The van der Waals surface area contributed by atoms with Gasteiger partial charge in [0.05, 0.1) is 0 Å². The second-order valence-electron chi connectivity index (χ2n) is 8.35. The molecule has 0 aromatic rings. The summed E-state index contributed by atoms with van der Waals surface area (Å²) >= 11 is 5.33. The van der Waals surface area contributed by atoms with Crippen molar-refractivity contribution in [3.63, 3.8) is 0 Å². The Kier molecular flexibility index (Phi) is 22.6. The predicted octanol–water partition coefficient (Wildman–Crippen LogP) is 7.07. The lowest BCUT2D eigenvalue weighted by Gasteiger charge is -2.18. The van der Waals surface area contributed by atoms with Gasteiger partial charge in [-0.25, -0.2) is 4.79 Å². The maximum Gasteiger partial charge on any atom is 0.509 e. The fraction of sp³-hybridized carbons (Fsp3) is 0.880. The van der Waals surface area contributed by atoms with Crippen LogP contribution in [0.5, 0.6) is 0 Å². The Hall–Kier alpha value is -1.50. The van der Waals surface area contributed by atoms with Crippen LogP contribution < -0.4 is 0 Å². The van der Waals surface area contributed by atoms with Crippen molar-refractivity contribution in [1.29, 1.82) is 0 Å². The summed E-state index contributed by atoms with van der Waals surface area (Å²) in [5, 5.41) is 0. The highest BCUT2D eigenvalue weighted by Crippen LogP contribution is 2.11. The molecule has 0 fully saturated rings. The lowest BCUT2D eigenvalue weighted by Crippen LogP contribution is -2.31. The molecule has 0 aliphatic rings. The van der Waals surface area contributed by atoms with Gasteiger partial charge in [-0.2, -0.15) is 0 Å². The Labute approximate surface area is 205 Å². The van der Waals surface area contributed by atoms with Crippen LogP contribution in [0.15, 0.2) is 0 Å². The van der Waals surface area contributed by atoms with Crippen LogP contribution in [0.25, 0.3) is 0 Å². The molecule has 0 saturated heterocycles. The smallest absolute Gasteiger partial charge is 0.462 e. The van der Waals surface area contributed by atoms with Crippen LogP contribution in [0, 0.1) is 0 Å². The van der Waals surface area contributed by atoms with Gasteiger partial charge in [0, 0.05) is 12.8 Å². The van der Waals surface area contributed by atoms with E-state index in [-0.39, 0.29) is 31.7 Å². The summed E-state index contributed by atoms with van der Waals surface area (Å²) < 4.78 is 20.0. The topological polar surface area (TPSA) is 88.1 Å². The number of unbranched alkanes of at least 4 members (excludes halogenated alkanes) is 12. The van der Waals surface area contributed by atoms with E-state index in [1.165, 1.54) is 51.4 Å². The number of ether oxygens (including phenoxy) is 4. The first-order chi connectivity index (χ1) is 16.0. The van der Waals surface area contributed by atoms with Crippen LogP contribution in [0.2, 0.25) is 0 Å². The lowest BCUT2D eigenvalue weighted by atomic mass is 10.1. The van der Waals surface area contributed by atoms with Gasteiger partial charge in [-0.3, -0.25) is 9.59 Å². The summed E-state index contributed by atoms with van der Waals surface area (Å²) in [4.78, 5) is 35.6. The molecular weight excluding hydrogens is 448 g/mol. The van der Waals surface area contributed by atoms with Crippen molar-refractivity contribution in [3.8, 4) is 0 Å². The third kappa shape index (κ3) is 22.1. The standard InChI is InChI=1S/C25H45ClO7/c1-3-5-7-9-11-13-15-17-23(27)30-19-22(20-31-25(29)32-21-26)33-24(28)18-16-14-12-10-8-6-4-2/h22H,3-21H2,1-2H3. The van der Waals surface area contributed by atoms with E-state index in [1.807, 2.05) is 0 Å². The quantitative estimate of drug-likeness (QED) is 0.0690. The zero-order valence-corrected chi connectivity index (χ0v) is 21.5. The van der Waals surface area contributed by atoms with E-state index >= 15 is 0 Å². The Morgan fingerprint density at radius 1 is 0.606 bits per heavy atom. The molecule has 0 aromatic heterocycles. The molecule has 0 aromatic carbocycles. The van der Waals surface area contributed by atoms with E-state index in [1.54, 1.807) is 0 Å². The molecule has 0 spiro atoms. The molecule has 0 bridgehead atoms. The molecule has 0 N–H and O–H groups in total. The van der Waals surface area contributed by atoms with Gasteiger partial charge in [-0.1, -0.05) is 102 Å². The third-order valence-electron chi connectivity index (χ3n) is 5.26. The highest BCUT2D eigenvalue weighted by molar-refractivity contribution is 6.17. The number of carbonyl (C=O) groups is 3. The number of esters is 2. The van der Waals surface area contributed by atoms with Crippen molar-refractivity contribution in [2.75, 3.05) is 19.3 Å². The molecule has 0 rings (SSSR count). The van der Waals surface area contributed by atoms with Crippen LogP contribution in [0.1, 0.15) is 117 Å². The molecule has 0 amide bonds. The molecule has 1 unspecified atom stereocenters. The van der Waals surface area contributed by atoms with Crippen molar-refractivity contribution >= 4 is 29.7 Å². The van der Waals surface area contributed by atoms with Gasteiger partial charge in [0.1, 0.15) is 13.2 Å². The molecule has 0 radical (unpaired) electrons. The van der Waals surface area contributed by atoms with Crippen LogP contribution in [0.3, 0.4) is 0 Å². The fourth-order valence-corrected chi connectivity index (χ4v) is 3.41. The van der Waals surface area contributed by atoms with Crippen LogP contribution in [-0.4, -0.2) is 43.5 Å². The number of hydrogen-bond acceptors (Lipinski definition) is 7. The van der Waals surface area contributed by atoms with Gasteiger partial charge in [-0.05, 0) is 12.8 Å². The first-order valence-electron chi connectivity index (χ1n) is 12.7. The summed E-state index contributed by atoms with van der Waals surface area (Å²) in [6.07, 6.45) is 14.2. The van der Waals surface area contributed by atoms with Gasteiger partial charge < -0.3 is 18.9 Å². The average Bonchev–Trinajstić information content (AvgIpc) is 2.79. The van der Waals surface area contributed by atoms with Crippen molar-refractivity contribution in [1.82, 2.24) is 0 Å².